The van der Waals surface area contributed by atoms with Crippen molar-refractivity contribution in [1.29, 1.82) is 0 Å². The van der Waals surface area contributed by atoms with Crippen molar-refractivity contribution < 1.29 is 32.7 Å². The number of hydrogen-bond acceptors (Lipinski definition) is 6. The lowest BCUT2D eigenvalue weighted by molar-refractivity contribution is -0.122. The summed E-state index contributed by atoms with van der Waals surface area (Å²) in [6, 6.07) is 10.6. The van der Waals surface area contributed by atoms with Crippen molar-refractivity contribution >= 4 is 34.8 Å². The van der Waals surface area contributed by atoms with Crippen molar-refractivity contribution in [2.45, 2.75) is 13.3 Å². The predicted octanol–water partition coefficient (Wildman–Crippen LogP) is 3.74. The van der Waals surface area contributed by atoms with Crippen LogP contribution in [0.4, 0.5) is 21.5 Å². The standard InChI is InChI=1S/C25H22FN3O6/c1-14-18(6-7-33-14)25(32)28-20-11-16(2-4-19(20)26)27-24(31)15-10-23(30)29(13-15)17-3-5-21-22(12-17)35-9-8-34-21/h2-7,11-12,15H,8-10,13H2,1H3,(H,27,31)(H,28,32). The second-order valence-corrected chi connectivity index (χ2v) is 8.26. The molecule has 10 heteroatoms. The van der Waals surface area contributed by atoms with E-state index in [9.17, 15) is 18.8 Å². The highest BCUT2D eigenvalue weighted by molar-refractivity contribution is 6.06. The average molecular weight is 479 g/mol. The molecule has 0 spiro atoms. The van der Waals surface area contributed by atoms with Gasteiger partial charge in [-0.1, -0.05) is 0 Å². The minimum atomic E-state index is -0.654. The molecule has 0 aliphatic carbocycles. The predicted molar refractivity (Wildman–Crippen MR) is 124 cm³/mol. The van der Waals surface area contributed by atoms with Gasteiger partial charge in [-0.3, -0.25) is 14.4 Å². The molecule has 1 fully saturated rings. The van der Waals surface area contributed by atoms with Gasteiger partial charge in [0.2, 0.25) is 11.8 Å². The summed E-state index contributed by atoms with van der Waals surface area (Å²) in [4.78, 5) is 39.5. The zero-order valence-electron chi connectivity index (χ0n) is 18.8. The Bertz CT molecular complexity index is 1320. The van der Waals surface area contributed by atoms with Crippen LogP contribution in [-0.2, 0) is 9.59 Å². The van der Waals surface area contributed by atoms with Crippen LogP contribution in [0.5, 0.6) is 11.5 Å². The third-order valence-corrected chi connectivity index (χ3v) is 5.92. The minimum Gasteiger partial charge on any atom is -0.486 e. The highest BCUT2D eigenvalue weighted by Gasteiger charge is 2.35. The Labute approximate surface area is 199 Å². The number of nitrogens with zero attached hydrogens (tertiary/aromatic N) is 1. The normalized spacial score (nSPS) is 16.8. The first kappa shape index (κ1) is 22.5. The van der Waals surface area contributed by atoms with E-state index in [1.165, 1.54) is 29.4 Å². The average Bonchev–Trinajstić information content (AvgIpc) is 3.46. The van der Waals surface area contributed by atoms with E-state index in [1.807, 2.05) is 0 Å². The summed E-state index contributed by atoms with van der Waals surface area (Å²) in [5, 5.41) is 5.20. The smallest absolute Gasteiger partial charge is 0.259 e. The number of amides is 3. The lowest BCUT2D eigenvalue weighted by Gasteiger charge is -2.22. The van der Waals surface area contributed by atoms with Gasteiger partial charge in [-0.25, -0.2) is 4.39 Å². The monoisotopic (exact) mass is 479 g/mol. The van der Waals surface area contributed by atoms with E-state index in [4.69, 9.17) is 13.9 Å². The van der Waals surface area contributed by atoms with E-state index in [0.717, 1.165) is 6.07 Å². The summed E-state index contributed by atoms with van der Waals surface area (Å²) >= 11 is 0. The molecular weight excluding hydrogens is 457 g/mol. The Hall–Kier alpha value is -4.34. The van der Waals surface area contributed by atoms with Crippen molar-refractivity contribution in [2.24, 2.45) is 5.92 Å². The molecule has 9 nitrogen and oxygen atoms in total. The first-order valence-electron chi connectivity index (χ1n) is 11.0. The molecule has 1 saturated heterocycles. The highest BCUT2D eigenvalue weighted by Crippen LogP contribution is 2.36. The number of carbonyl (C=O) groups is 3. The van der Waals surface area contributed by atoms with Gasteiger partial charge in [-0.05, 0) is 43.3 Å². The number of aryl methyl sites for hydroxylation is 1. The fourth-order valence-electron chi connectivity index (χ4n) is 4.09. The lowest BCUT2D eigenvalue weighted by atomic mass is 10.1. The van der Waals surface area contributed by atoms with Gasteiger partial charge in [0, 0.05) is 30.4 Å². The molecule has 3 amide bonds. The number of halogens is 1. The van der Waals surface area contributed by atoms with Crippen molar-refractivity contribution in [3.05, 3.63) is 65.9 Å². The summed E-state index contributed by atoms with van der Waals surface area (Å²) < 4.78 is 30.5. The maximum Gasteiger partial charge on any atom is 0.259 e. The van der Waals surface area contributed by atoms with E-state index in [-0.39, 0.29) is 36.0 Å². The highest BCUT2D eigenvalue weighted by atomic mass is 19.1. The largest absolute Gasteiger partial charge is 0.486 e. The SMILES string of the molecule is Cc1occc1C(=O)Nc1cc(NC(=O)C2CC(=O)N(c3ccc4c(c3)OCCO4)C2)ccc1F. The van der Waals surface area contributed by atoms with Gasteiger partial charge < -0.3 is 29.4 Å². The summed E-state index contributed by atoms with van der Waals surface area (Å²) in [6.07, 6.45) is 1.40. The van der Waals surface area contributed by atoms with Gasteiger partial charge in [0.25, 0.3) is 5.91 Å². The number of anilines is 3. The molecule has 2 aliphatic heterocycles. The van der Waals surface area contributed by atoms with Gasteiger partial charge in [-0.15, -0.1) is 0 Å². The van der Waals surface area contributed by atoms with Crippen LogP contribution in [0, 0.1) is 18.7 Å². The molecule has 0 saturated carbocycles. The molecule has 1 unspecified atom stereocenters. The lowest BCUT2D eigenvalue weighted by Crippen LogP contribution is -2.28. The molecular formula is C25H22FN3O6. The first-order chi connectivity index (χ1) is 16.9. The van der Waals surface area contributed by atoms with Gasteiger partial charge in [-0.2, -0.15) is 0 Å². The number of benzene rings is 2. The molecule has 5 rings (SSSR count). The maximum absolute atomic E-state index is 14.3. The van der Waals surface area contributed by atoms with Crippen LogP contribution in [0.25, 0.3) is 0 Å². The van der Waals surface area contributed by atoms with E-state index < -0.39 is 17.6 Å². The van der Waals surface area contributed by atoms with E-state index in [1.54, 1.807) is 25.1 Å². The van der Waals surface area contributed by atoms with Gasteiger partial charge >= 0.3 is 0 Å². The Balaban J connectivity index is 1.26. The van der Waals surface area contributed by atoms with Crippen LogP contribution in [0.1, 0.15) is 22.5 Å². The number of rotatable bonds is 5. The van der Waals surface area contributed by atoms with Gasteiger partial charge in [0.05, 0.1) is 23.4 Å². The Morgan fingerprint density at radius 2 is 1.83 bits per heavy atom. The summed E-state index contributed by atoms with van der Waals surface area (Å²) in [5.74, 6) is -0.789. The molecule has 2 aliphatic rings. The quantitative estimate of drug-likeness (QED) is 0.577. The Morgan fingerprint density at radius 1 is 1.03 bits per heavy atom. The second kappa shape index (κ2) is 9.13. The molecule has 0 bridgehead atoms. The fourth-order valence-corrected chi connectivity index (χ4v) is 4.09. The van der Waals surface area contributed by atoms with E-state index in [0.29, 0.717) is 41.8 Å². The van der Waals surface area contributed by atoms with Gasteiger partial charge in [0.1, 0.15) is 24.8 Å². The van der Waals surface area contributed by atoms with Crippen LogP contribution < -0.4 is 25.0 Å². The molecule has 3 heterocycles. The van der Waals surface area contributed by atoms with E-state index in [2.05, 4.69) is 10.6 Å². The third kappa shape index (κ3) is 4.54. The minimum absolute atomic E-state index is 0.0326. The molecule has 2 N–H and O–H groups in total. The number of hydrogen-bond donors (Lipinski definition) is 2. The molecule has 0 radical (unpaired) electrons. The van der Waals surface area contributed by atoms with Crippen LogP contribution in [0.15, 0.2) is 53.1 Å². The molecule has 35 heavy (non-hydrogen) atoms. The summed E-state index contributed by atoms with van der Waals surface area (Å²) in [7, 11) is 0. The van der Waals surface area contributed by atoms with Crippen molar-refractivity contribution in [3.8, 4) is 11.5 Å². The maximum atomic E-state index is 14.3. The second-order valence-electron chi connectivity index (χ2n) is 8.26. The van der Waals surface area contributed by atoms with Crippen LogP contribution in [-0.4, -0.2) is 37.5 Å². The number of nitrogens with one attached hydrogen (secondary N) is 2. The molecule has 2 aromatic carbocycles. The van der Waals surface area contributed by atoms with E-state index >= 15 is 0 Å². The summed E-state index contributed by atoms with van der Waals surface area (Å²) in [6.45, 7) is 2.71. The third-order valence-electron chi connectivity index (χ3n) is 5.92. The molecule has 1 atom stereocenters. The number of fused-ring (bicyclic) bond motifs is 1. The Morgan fingerprint density at radius 3 is 2.60 bits per heavy atom. The van der Waals surface area contributed by atoms with Crippen molar-refractivity contribution in [2.75, 3.05) is 35.3 Å². The van der Waals surface area contributed by atoms with Crippen LogP contribution >= 0.6 is 0 Å². The van der Waals surface area contributed by atoms with Gasteiger partial charge in [0.15, 0.2) is 11.5 Å². The topological polar surface area (TPSA) is 110 Å². The van der Waals surface area contributed by atoms with Crippen molar-refractivity contribution in [3.63, 3.8) is 0 Å². The molecule has 3 aromatic rings. The van der Waals surface area contributed by atoms with Crippen LogP contribution in [0.3, 0.4) is 0 Å². The number of ether oxygens (including phenoxy) is 2. The number of furan rings is 1. The fraction of sp³-hybridized carbons (Fsp3) is 0.240. The van der Waals surface area contributed by atoms with Crippen LogP contribution in [0.2, 0.25) is 0 Å². The molecule has 180 valence electrons. The molecule has 1 aromatic heterocycles. The van der Waals surface area contributed by atoms with Crippen molar-refractivity contribution in [1.82, 2.24) is 0 Å². The zero-order chi connectivity index (χ0) is 24.5. The Kier molecular flexibility index (Phi) is 5.86. The summed E-state index contributed by atoms with van der Waals surface area (Å²) in [5.41, 5.74) is 1.10. The number of carbonyl (C=O) groups excluding carboxylic acids is 3. The first-order valence-corrected chi connectivity index (χ1v) is 11.0. The zero-order valence-corrected chi connectivity index (χ0v) is 18.8.